The molecule has 0 amide bonds. The summed E-state index contributed by atoms with van der Waals surface area (Å²) in [6.45, 7) is 7.59. The van der Waals surface area contributed by atoms with Gasteiger partial charge in [-0.15, -0.1) is 0 Å². The number of amidine groups is 1. The monoisotopic (exact) mass is 356 g/mol. The second-order valence-electron chi connectivity index (χ2n) is 7.74. The zero-order valence-electron chi connectivity index (χ0n) is 16.2. The first-order chi connectivity index (χ1) is 11.4. The first-order valence-electron chi connectivity index (χ1n) is 10.8. The predicted molar refractivity (Wildman–Crippen MR) is 102 cm³/mol. The fourth-order valence-electron chi connectivity index (χ4n) is 4.26. The lowest BCUT2D eigenvalue weighted by atomic mass is 10.1. The SMILES string of the molecule is CCCCCCCCCCCCN1CCC[N+]2=C1CCCCC2.[Cl-]. The molecule has 142 valence electrons. The van der Waals surface area contributed by atoms with Gasteiger partial charge in [-0.05, 0) is 32.1 Å². The highest BCUT2D eigenvalue weighted by Crippen LogP contribution is 2.16. The number of halogens is 1. The Labute approximate surface area is 157 Å². The largest absolute Gasteiger partial charge is 1.00 e. The molecule has 0 spiro atoms. The zero-order valence-corrected chi connectivity index (χ0v) is 17.0. The van der Waals surface area contributed by atoms with Gasteiger partial charge in [0.05, 0.1) is 26.2 Å². The lowest BCUT2D eigenvalue weighted by Gasteiger charge is -2.26. The van der Waals surface area contributed by atoms with Gasteiger partial charge < -0.3 is 12.4 Å². The van der Waals surface area contributed by atoms with Crippen molar-refractivity contribution in [1.29, 1.82) is 0 Å². The van der Waals surface area contributed by atoms with Crippen molar-refractivity contribution in [2.75, 3.05) is 26.2 Å². The highest BCUT2D eigenvalue weighted by atomic mass is 35.5. The van der Waals surface area contributed by atoms with E-state index in [0.717, 1.165) is 0 Å². The Bertz CT molecular complexity index is 341. The summed E-state index contributed by atoms with van der Waals surface area (Å²) in [5.41, 5.74) is 0. The first kappa shape index (κ1) is 21.8. The van der Waals surface area contributed by atoms with Gasteiger partial charge in [0.25, 0.3) is 0 Å². The third-order valence-corrected chi connectivity index (χ3v) is 5.70. The van der Waals surface area contributed by atoms with Crippen LogP contribution in [0, 0.1) is 0 Å². The maximum absolute atomic E-state index is 2.74. The second-order valence-corrected chi connectivity index (χ2v) is 7.74. The van der Waals surface area contributed by atoms with E-state index in [1.807, 2.05) is 0 Å². The van der Waals surface area contributed by atoms with E-state index in [9.17, 15) is 0 Å². The molecule has 0 aromatic rings. The Hall–Kier alpha value is -0.240. The zero-order chi connectivity index (χ0) is 16.2. The van der Waals surface area contributed by atoms with Gasteiger partial charge in [-0.3, -0.25) is 9.48 Å². The van der Waals surface area contributed by atoms with Gasteiger partial charge in [0.15, 0.2) is 0 Å². The summed E-state index contributed by atoms with van der Waals surface area (Å²) in [5, 5.41) is 0. The number of nitrogens with zero attached hydrogens (tertiary/aromatic N) is 2. The number of rotatable bonds is 11. The van der Waals surface area contributed by atoms with Crippen molar-refractivity contribution >= 4 is 5.84 Å². The minimum atomic E-state index is 0. The topological polar surface area (TPSA) is 6.25 Å². The normalized spacial score (nSPS) is 18.1. The Kier molecular flexibility index (Phi) is 12.7. The van der Waals surface area contributed by atoms with Gasteiger partial charge in [0.1, 0.15) is 0 Å². The van der Waals surface area contributed by atoms with Crippen molar-refractivity contribution in [3.05, 3.63) is 0 Å². The number of hydrogen-bond acceptors (Lipinski definition) is 1. The molecule has 2 nitrogen and oxygen atoms in total. The Morgan fingerprint density at radius 1 is 0.750 bits per heavy atom. The van der Waals surface area contributed by atoms with Crippen LogP contribution in [-0.2, 0) is 0 Å². The van der Waals surface area contributed by atoms with Crippen LogP contribution in [0.15, 0.2) is 0 Å². The Morgan fingerprint density at radius 2 is 1.38 bits per heavy atom. The van der Waals surface area contributed by atoms with E-state index in [2.05, 4.69) is 16.4 Å². The molecule has 2 heterocycles. The van der Waals surface area contributed by atoms with E-state index in [1.165, 1.54) is 122 Å². The average molecular weight is 357 g/mol. The second kappa shape index (κ2) is 14.0. The van der Waals surface area contributed by atoms with Crippen molar-refractivity contribution in [1.82, 2.24) is 4.90 Å². The van der Waals surface area contributed by atoms with E-state index in [-0.39, 0.29) is 12.4 Å². The van der Waals surface area contributed by atoms with E-state index in [4.69, 9.17) is 0 Å². The minimum Gasteiger partial charge on any atom is -1.00 e. The fraction of sp³-hybridized carbons (Fsp3) is 0.952. The maximum Gasteiger partial charge on any atom is 0.246 e. The highest BCUT2D eigenvalue weighted by molar-refractivity contribution is 5.77. The molecule has 0 N–H and O–H groups in total. The smallest absolute Gasteiger partial charge is 0.246 e. The van der Waals surface area contributed by atoms with E-state index in [1.54, 1.807) is 5.84 Å². The lowest BCUT2D eigenvalue weighted by molar-refractivity contribution is -0.539. The molecular weight excluding hydrogens is 316 g/mol. The van der Waals surface area contributed by atoms with Crippen LogP contribution in [-0.4, -0.2) is 41.5 Å². The summed E-state index contributed by atoms with van der Waals surface area (Å²) < 4.78 is 2.70. The van der Waals surface area contributed by atoms with Gasteiger partial charge in [0.2, 0.25) is 5.84 Å². The molecule has 2 rings (SSSR count). The van der Waals surface area contributed by atoms with Crippen LogP contribution in [0.3, 0.4) is 0 Å². The molecule has 0 radical (unpaired) electrons. The minimum absolute atomic E-state index is 0. The van der Waals surface area contributed by atoms with Gasteiger partial charge in [-0.1, -0.05) is 58.3 Å². The van der Waals surface area contributed by atoms with E-state index in [0.29, 0.717) is 0 Å². The Morgan fingerprint density at radius 3 is 2.08 bits per heavy atom. The van der Waals surface area contributed by atoms with Gasteiger partial charge in [-0.2, -0.15) is 0 Å². The standard InChI is InChI=1S/C21H41N2.ClH/c1-2-3-4-5-6-7-8-9-10-13-17-22-19-15-20-23-18-14-11-12-16-21(22)23;/h2-20H2,1H3;1H/q+1;/p-1. The predicted octanol–water partition coefficient (Wildman–Crippen LogP) is 2.60. The van der Waals surface area contributed by atoms with Crippen molar-refractivity contribution in [3.8, 4) is 0 Å². The van der Waals surface area contributed by atoms with Crippen LogP contribution < -0.4 is 12.4 Å². The molecule has 0 aromatic heterocycles. The molecule has 24 heavy (non-hydrogen) atoms. The molecule has 2 aliphatic heterocycles. The molecule has 0 atom stereocenters. The summed E-state index contributed by atoms with van der Waals surface area (Å²) in [4.78, 5) is 2.74. The van der Waals surface area contributed by atoms with Crippen molar-refractivity contribution in [2.24, 2.45) is 0 Å². The third kappa shape index (κ3) is 8.23. The molecule has 0 unspecified atom stereocenters. The van der Waals surface area contributed by atoms with Gasteiger partial charge in [-0.25, -0.2) is 0 Å². The summed E-state index contributed by atoms with van der Waals surface area (Å²) >= 11 is 0. The molecule has 0 saturated carbocycles. The summed E-state index contributed by atoms with van der Waals surface area (Å²) in [6.07, 6.45) is 21.4. The molecule has 0 aliphatic carbocycles. The molecule has 2 aliphatic rings. The van der Waals surface area contributed by atoms with Crippen molar-refractivity contribution < 1.29 is 17.0 Å². The van der Waals surface area contributed by atoms with Crippen LogP contribution in [0.5, 0.6) is 0 Å². The first-order valence-corrected chi connectivity index (χ1v) is 10.8. The van der Waals surface area contributed by atoms with E-state index >= 15 is 0 Å². The van der Waals surface area contributed by atoms with Gasteiger partial charge in [0, 0.05) is 12.8 Å². The lowest BCUT2D eigenvalue weighted by Crippen LogP contribution is -3.00. The summed E-state index contributed by atoms with van der Waals surface area (Å²) in [5.74, 6) is 1.70. The average Bonchev–Trinajstić information content (AvgIpc) is 2.82. The van der Waals surface area contributed by atoms with Crippen LogP contribution >= 0.6 is 0 Å². The molecule has 0 aromatic carbocycles. The van der Waals surface area contributed by atoms with Crippen LogP contribution in [0.25, 0.3) is 0 Å². The molecule has 0 fully saturated rings. The van der Waals surface area contributed by atoms with Crippen LogP contribution in [0.1, 0.15) is 103 Å². The molecule has 0 bridgehead atoms. The molecule has 0 saturated heterocycles. The summed E-state index contributed by atoms with van der Waals surface area (Å²) in [6, 6.07) is 0. The molecular formula is C21H41ClN2. The van der Waals surface area contributed by atoms with Crippen molar-refractivity contribution in [3.63, 3.8) is 0 Å². The van der Waals surface area contributed by atoms with Gasteiger partial charge >= 0.3 is 0 Å². The maximum atomic E-state index is 2.74. The fourth-order valence-corrected chi connectivity index (χ4v) is 4.26. The van der Waals surface area contributed by atoms with Crippen LogP contribution in [0.2, 0.25) is 0 Å². The third-order valence-electron chi connectivity index (χ3n) is 5.70. The highest BCUT2D eigenvalue weighted by Gasteiger charge is 2.27. The Balaban J connectivity index is 0.00000288. The quantitative estimate of drug-likeness (QED) is 0.407. The summed E-state index contributed by atoms with van der Waals surface area (Å²) in [7, 11) is 0. The molecule has 3 heteroatoms. The van der Waals surface area contributed by atoms with Crippen LogP contribution in [0.4, 0.5) is 0 Å². The number of unbranched alkanes of at least 4 members (excludes halogenated alkanes) is 9. The number of hydrogen-bond donors (Lipinski definition) is 0. The van der Waals surface area contributed by atoms with E-state index < -0.39 is 0 Å². The van der Waals surface area contributed by atoms with Crippen molar-refractivity contribution in [2.45, 2.75) is 103 Å².